The molecule has 0 unspecified atom stereocenters. The second-order valence-corrected chi connectivity index (χ2v) is 4.98. The third-order valence-corrected chi connectivity index (χ3v) is 2.97. The molecule has 1 aromatic rings. The van der Waals surface area contributed by atoms with Crippen LogP contribution in [-0.2, 0) is 15.0 Å². The second-order valence-electron chi connectivity index (χ2n) is 4.98. The Balaban J connectivity index is 0. The number of hydrogen-bond donors (Lipinski definition) is 2. The Morgan fingerprint density at radius 1 is 1.00 bits per heavy atom. The van der Waals surface area contributed by atoms with Crippen molar-refractivity contribution in [2.24, 2.45) is 5.41 Å². The predicted molar refractivity (Wildman–Crippen MR) is 64.0 cm³/mol. The molecule has 0 aliphatic rings. The number of carbonyl (C=O) groups is 2. The van der Waals surface area contributed by atoms with E-state index in [1.807, 2.05) is 0 Å². The molecule has 0 bridgehead atoms. The van der Waals surface area contributed by atoms with Crippen LogP contribution in [0.15, 0.2) is 30.3 Å². The molecule has 0 spiro atoms. The third kappa shape index (κ3) is 2.86. The Bertz CT molecular complexity index is 426. The number of rotatable bonds is 3. The normalized spacial score (nSPS) is 11.5. The van der Waals surface area contributed by atoms with Gasteiger partial charge in [-0.25, -0.2) is 0 Å². The van der Waals surface area contributed by atoms with Crippen molar-refractivity contribution in [1.82, 2.24) is 0 Å². The molecule has 94 valence electrons. The van der Waals surface area contributed by atoms with Gasteiger partial charge in [-0.15, -0.1) is 0 Å². The zero-order valence-electron chi connectivity index (χ0n) is 12.1. The average Bonchev–Trinajstić information content (AvgIpc) is 2.16. The Morgan fingerprint density at radius 2 is 1.39 bits per heavy atom. The Kier molecular flexibility index (Phi) is 6.23. The van der Waals surface area contributed by atoms with Gasteiger partial charge < -0.3 is 11.6 Å². The van der Waals surface area contributed by atoms with E-state index in [0.717, 1.165) is 0 Å². The molecule has 0 saturated heterocycles. The van der Waals surface area contributed by atoms with E-state index in [4.69, 9.17) is 0 Å². The summed E-state index contributed by atoms with van der Waals surface area (Å²) >= 11 is 0. The summed E-state index contributed by atoms with van der Waals surface area (Å²) in [6, 6.07) is 8.07. The molecule has 5 heteroatoms. The van der Waals surface area contributed by atoms with E-state index in [2.05, 4.69) is 0 Å². The summed E-state index contributed by atoms with van der Waals surface area (Å²) < 4.78 is 0. The average molecular weight is 276 g/mol. The van der Waals surface area contributed by atoms with Crippen LogP contribution < -0.4 is 51.4 Å². The van der Waals surface area contributed by atoms with Crippen molar-refractivity contribution in [3.8, 4) is 0 Å². The number of hydrogen-bond acceptors (Lipinski definition) is 2. The van der Waals surface area contributed by atoms with Gasteiger partial charge in [0.1, 0.15) is 0 Å². The summed E-state index contributed by atoms with van der Waals surface area (Å²) in [7, 11) is 0. The van der Waals surface area contributed by atoms with Crippen molar-refractivity contribution >= 4 is 11.9 Å². The predicted octanol–water partition coefficient (Wildman–Crippen LogP) is -0.744. The molecule has 0 aromatic heterocycles. The van der Waals surface area contributed by atoms with Crippen molar-refractivity contribution in [3.63, 3.8) is 0 Å². The van der Waals surface area contributed by atoms with E-state index in [0.29, 0.717) is 0 Å². The first kappa shape index (κ1) is 17.8. The molecule has 1 rings (SSSR count). The molecule has 0 radical (unpaired) electrons. The monoisotopic (exact) mass is 276 g/mol. The fourth-order valence-corrected chi connectivity index (χ4v) is 2.10. The molecule has 18 heavy (non-hydrogen) atoms. The van der Waals surface area contributed by atoms with Crippen LogP contribution in [0.1, 0.15) is 27.8 Å². The standard InChI is InChI=1S/C13H16O4.K.H/c1-12(2,3)13(10(14)15,11(16)17)9-7-5-4-6-8-9;;/h4-8H,1-3H3,(H,14,15)(H,16,17);;/q;+1;-1. The molecule has 0 saturated carbocycles. The van der Waals surface area contributed by atoms with Crippen molar-refractivity contribution in [2.75, 3.05) is 0 Å². The fraction of sp³-hybridized carbons (Fsp3) is 0.385. The zero-order valence-corrected chi connectivity index (χ0v) is 14.2. The minimum absolute atomic E-state index is 0. The summed E-state index contributed by atoms with van der Waals surface area (Å²) in [5.74, 6) is -2.69. The summed E-state index contributed by atoms with van der Waals surface area (Å²) in [5, 5.41) is 18.8. The van der Waals surface area contributed by atoms with Crippen LogP contribution in [0.4, 0.5) is 0 Å². The van der Waals surface area contributed by atoms with Gasteiger partial charge in [0.15, 0.2) is 5.41 Å². The van der Waals surface area contributed by atoms with Crippen molar-refractivity contribution in [2.45, 2.75) is 26.2 Å². The molecular weight excluding hydrogens is 259 g/mol. The number of aliphatic carboxylic acids is 2. The topological polar surface area (TPSA) is 74.6 Å². The van der Waals surface area contributed by atoms with Gasteiger partial charge in [0.2, 0.25) is 0 Å². The van der Waals surface area contributed by atoms with Gasteiger partial charge in [-0.05, 0) is 11.0 Å². The molecule has 2 N–H and O–H groups in total. The van der Waals surface area contributed by atoms with Crippen LogP contribution in [0, 0.1) is 5.41 Å². The minimum atomic E-state index is -1.94. The first-order valence-electron chi connectivity index (χ1n) is 5.27. The number of carboxylic acids is 2. The van der Waals surface area contributed by atoms with Crippen LogP contribution in [0.2, 0.25) is 0 Å². The van der Waals surface area contributed by atoms with E-state index in [9.17, 15) is 19.8 Å². The maximum Gasteiger partial charge on any atom is 1.00 e. The SMILES string of the molecule is CC(C)(C)C(C(=O)O)(C(=O)O)c1ccccc1.[H-].[K+]. The summed E-state index contributed by atoms with van der Waals surface area (Å²) in [6.45, 7) is 4.84. The van der Waals surface area contributed by atoms with E-state index < -0.39 is 22.8 Å². The van der Waals surface area contributed by atoms with Crippen LogP contribution in [0.25, 0.3) is 0 Å². The first-order valence-corrected chi connectivity index (χ1v) is 5.27. The van der Waals surface area contributed by atoms with Crippen molar-refractivity contribution < 1.29 is 72.6 Å². The van der Waals surface area contributed by atoms with Gasteiger partial charge in [0.25, 0.3) is 0 Å². The van der Waals surface area contributed by atoms with Crippen molar-refractivity contribution in [3.05, 3.63) is 35.9 Å². The van der Waals surface area contributed by atoms with Gasteiger partial charge in [0, 0.05) is 0 Å². The molecule has 1 aromatic carbocycles. The van der Waals surface area contributed by atoms with Gasteiger partial charge in [-0.2, -0.15) is 0 Å². The summed E-state index contributed by atoms with van der Waals surface area (Å²) in [6.07, 6.45) is 0. The van der Waals surface area contributed by atoms with Crippen LogP contribution in [0.3, 0.4) is 0 Å². The Hall–Kier alpha value is -0.204. The van der Waals surface area contributed by atoms with Crippen LogP contribution in [-0.4, -0.2) is 22.2 Å². The molecular formula is C13H17KO4. The largest absolute Gasteiger partial charge is 1.00 e. The van der Waals surface area contributed by atoms with E-state index in [-0.39, 0.29) is 58.4 Å². The van der Waals surface area contributed by atoms with Gasteiger partial charge in [-0.3, -0.25) is 9.59 Å². The second kappa shape index (κ2) is 6.30. The Morgan fingerprint density at radius 3 is 1.67 bits per heavy atom. The van der Waals surface area contributed by atoms with Crippen LogP contribution >= 0.6 is 0 Å². The molecule has 0 atom stereocenters. The van der Waals surface area contributed by atoms with Gasteiger partial charge in [0.05, 0.1) is 0 Å². The van der Waals surface area contributed by atoms with Crippen molar-refractivity contribution in [1.29, 1.82) is 0 Å². The fourth-order valence-electron chi connectivity index (χ4n) is 2.10. The molecule has 0 heterocycles. The molecule has 0 aliphatic heterocycles. The van der Waals surface area contributed by atoms with E-state index in [1.54, 1.807) is 39.0 Å². The van der Waals surface area contributed by atoms with Crippen LogP contribution in [0.5, 0.6) is 0 Å². The van der Waals surface area contributed by atoms with E-state index in [1.165, 1.54) is 12.1 Å². The number of carboxylic acid groups (broad SMARTS) is 2. The molecule has 0 aliphatic carbocycles. The maximum absolute atomic E-state index is 11.5. The summed E-state index contributed by atoms with van der Waals surface area (Å²) in [4.78, 5) is 23.1. The Labute approximate surface area is 150 Å². The zero-order chi connectivity index (χ0) is 13.3. The third-order valence-electron chi connectivity index (χ3n) is 2.97. The molecule has 0 amide bonds. The molecule has 0 fully saturated rings. The van der Waals surface area contributed by atoms with Gasteiger partial charge in [-0.1, -0.05) is 51.1 Å². The maximum atomic E-state index is 11.5. The van der Waals surface area contributed by atoms with E-state index >= 15 is 0 Å². The first-order chi connectivity index (χ1) is 7.74. The van der Waals surface area contributed by atoms with Gasteiger partial charge >= 0.3 is 63.3 Å². The quantitative estimate of drug-likeness (QED) is 0.563. The molecule has 4 nitrogen and oxygen atoms in total. The number of benzene rings is 1. The minimum Gasteiger partial charge on any atom is -1.00 e. The smallest absolute Gasteiger partial charge is 1.00 e. The summed E-state index contributed by atoms with van der Waals surface area (Å²) in [5.41, 5.74) is -2.59.